The second-order valence-corrected chi connectivity index (χ2v) is 1.76. The molecule has 1 aliphatic rings. The lowest BCUT2D eigenvalue weighted by molar-refractivity contribution is 0.0679. The normalized spacial score (nSPS) is 33.3. The molecule has 0 aromatic heterocycles. The highest BCUT2D eigenvalue weighted by molar-refractivity contribution is 5.76. The van der Waals surface area contributed by atoms with Gasteiger partial charge in [0.05, 0.1) is 0 Å². The van der Waals surface area contributed by atoms with E-state index in [9.17, 15) is 4.79 Å². The number of amides is 2. The molecule has 1 rings (SSSR count). The molecule has 1 heterocycles. The number of nitrogens with one attached hydrogen (secondary N) is 2. The minimum absolute atomic E-state index is 0.512. The average molecular weight is 129 g/mol. The fourth-order valence-electron chi connectivity index (χ4n) is 0.504. The summed E-state index contributed by atoms with van der Waals surface area (Å²) in [5.74, 6) is -1.69. The smallest absolute Gasteiger partial charge is 0.322 e. The molecule has 9 heavy (non-hydrogen) atoms. The zero-order chi connectivity index (χ0) is 6.91. The topological polar surface area (TPSA) is 87.4 Å². The Labute approximate surface area is 51.5 Å². The zero-order valence-electron chi connectivity index (χ0n) is 4.59. The van der Waals surface area contributed by atoms with Gasteiger partial charge in [0.1, 0.15) is 0 Å². The van der Waals surface area contributed by atoms with Crippen LogP contribution >= 0.6 is 0 Å². The van der Waals surface area contributed by atoms with Gasteiger partial charge in [0.15, 0.2) is 0 Å². The number of carbonyl (C=O) groups is 1. The lowest BCUT2D eigenvalue weighted by Gasteiger charge is -2.23. The third-order valence-electron chi connectivity index (χ3n) is 0.866. The van der Waals surface area contributed by atoms with E-state index in [4.69, 9.17) is 10.8 Å². The molecule has 5 heteroatoms. The van der Waals surface area contributed by atoms with Crippen LogP contribution in [0.15, 0.2) is 12.3 Å². The summed E-state index contributed by atoms with van der Waals surface area (Å²) in [4.78, 5) is 10.4. The van der Waals surface area contributed by atoms with Crippen LogP contribution in [0.1, 0.15) is 0 Å². The van der Waals surface area contributed by atoms with E-state index in [1.807, 2.05) is 0 Å². The van der Waals surface area contributed by atoms with E-state index in [0.717, 1.165) is 0 Å². The minimum atomic E-state index is -1.69. The van der Waals surface area contributed by atoms with Gasteiger partial charge in [-0.2, -0.15) is 0 Å². The highest BCUT2D eigenvalue weighted by atomic mass is 16.3. The Balaban J connectivity index is 2.71. The van der Waals surface area contributed by atoms with Crippen LogP contribution in [0.4, 0.5) is 4.79 Å². The molecule has 0 saturated heterocycles. The van der Waals surface area contributed by atoms with Crippen molar-refractivity contribution in [1.29, 1.82) is 0 Å². The van der Waals surface area contributed by atoms with Crippen LogP contribution in [0.3, 0.4) is 0 Å². The van der Waals surface area contributed by atoms with Crippen molar-refractivity contribution in [2.75, 3.05) is 0 Å². The number of hydrogen-bond acceptors (Lipinski definition) is 3. The lowest BCUT2D eigenvalue weighted by atomic mass is 10.4. The first kappa shape index (κ1) is 6.06. The first-order valence-electron chi connectivity index (χ1n) is 2.38. The van der Waals surface area contributed by atoms with Gasteiger partial charge in [-0.1, -0.05) is 0 Å². The summed E-state index contributed by atoms with van der Waals surface area (Å²) in [7, 11) is 0. The summed E-state index contributed by atoms with van der Waals surface area (Å²) < 4.78 is 0. The Bertz CT molecular complexity index is 163. The van der Waals surface area contributed by atoms with Gasteiger partial charge in [-0.15, -0.1) is 0 Å². The van der Waals surface area contributed by atoms with Crippen LogP contribution in [-0.4, -0.2) is 17.0 Å². The SMILES string of the molecule is NC1(O)C=CNC(=O)N1. The summed E-state index contributed by atoms with van der Waals surface area (Å²) in [5.41, 5.74) is 5.06. The fraction of sp³-hybridized carbons (Fsp3) is 0.250. The molecule has 2 amide bonds. The number of aliphatic hydroxyl groups is 1. The predicted molar refractivity (Wildman–Crippen MR) is 29.9 cm³/mol. The molecule has 5 nitrogen and oxygen atoms in total. The number of urea groups is 1. The maximum absolute atomic E-state index is 10.4. The van der Waals surface area contributed by atoms with E-state index in [2.05, 4.69) is 10.6 Å². The molecule has 5 N–H and O–H groups in total. The van der Waals surface area contributed by atoms with Gasteiger partial charge in [-0.05, 0) is 6.08 Å². The molecular weight excluding hydrogens is 122 g/mol. The summed E-state index contributed by atoms with van der Waals surface area (Å²) in [6.45, 7) is 0. The van der Waals surface area contributed by atoms with Crippen molar-refractivity contribution >= 4 is 6.03 Å². The molecular formula is C4H7N3O2. The van der Waals surface area contributed by atoms with Crippen LogP contribution in [-0.2, 0) is 0 Å². The molecule has 0 saturated carbocycles. The minimum Gasteiger partial charge on any atom is -0.355 e. The highest BCUT2D eigenvalue weighted by Crippen LogP contribution is 1.94. The van der Waals surface area contributed by atoms with Crippen molar-refractivity contribution in [2.45, 2.75) is 5.85 Å². The first-order chi connectivity index (χ1) is 4.10. The second-order valence-electron chi connectivity index (χ2n) is 1.76. The van der Waals surface area contributed by atoms with Gasteiger partial charge in [0.25, 0.3) is 0 Å². The second kappa shape index (κ2) is 1.71. The van der Waals surface area contributed by atoms with Gasteiger partial charge >= 0.3 is 6.03 Å². The lowest BCUT2D eigenvalue weighted by Crippen LogP contribution is -2.59. The standard InChI is InChI=1S/C4H7N3O2/c5-4(9)1-2-6-3(8)7-4/h1-2,9H,5H2,(H2,6,7,8). The van der Waals surface area contributed by atoms with Crippen LogP contribution in [0.2, 0.25) is 0 Å². The quantitative estimate of drug-likeness (QED) is 0.297. The fourth-order valence-corrected chi connectivity index (χ4v) is 0.504. The van der Waals surface area contributed by atoms with Gasteiger partial charge in [0.2, 0.25) is 5.85 Å². The van der Waals surface area contributed by atoms with Gasteiger partial charge in [-0.3, -0.25) is 11.1 Å². The van der Waals surface area contributed by atoms with E-state index in [-0.39, 0.29) is 0 Å². The third-order valence-corrected chi connectivity index (χ3v) is 0.866. The molecule has 1 aliphatic heterocycles. The zero-order valence-corrected chi connectivity index (χ0v) is 4.59. The monoisotopic (exact) mass is 129 g/mol. The Morgan fingerprint density at radius 1 is 1.78 bits per heavy atom. The summed E-state index contributed by atoms with van der Waals surface area (Å²) >= 11 is 0. The Morgan fingerprint density at radius 3 is 2.78 bits per heavy atom. The first-order valence-corrected chi connectivity index (χ1v) is 2.38. The van der Waals surface area contributed by atoms with Crippen molar-refractivity contribution in [3.8, 4) is 0 Å². The molecule has 0 aromatic rings. The van der Waals surface area contributed by atoms with Crippen molar-refractivity contribution in [3.63, 3.8) is 0 Å². The molecule has 1 atom stereocenters. The summed E-state index contributed by atoms with van der Waals surface area (Å²) in [6.07, 6.45) is 2.51. The predicted octanol–water partition coefficient (Wildman–Crippen LogP) is -1.58. The van der Waals surface area contributed by atoms with Crippen molar-refractivity contribution in [2.24, 2.45) is 5.73 Å². The highest BCUT2D eigenvalue weighted by Gasteiger charge is 2.22. The number of hydrogen-bond donors (Lipinski definition) is 4. The van der Waals surface area contributed by atoms with Crippen LogP contribution < -0.4 is 16.4 Å². The maximum Gasteiger partial charge on any atom is 0.322 e. The number of carbonyl (C=O) groups excluding carboxylic acids is 1. The Hall–Kier alpha value is -1.07. The molecule has 0 fully saturated rings. The van der Waals surface area contributed by atoms with E-state index < -0.39 is 11.9 Å². The third kappa shape index (κ3) is 1.41. The molecule has 0 aromatic carbocycles. The van der Waals surface area contributed by atoms with Crippen molar-refractivity contribution in [3.05, 3.63) is 12.3 Å². The van der Waals surface area contributed by atoms with Crippen LogP contribution in [0.25, 0.3) is 0 Å². The van der Waals surface area contributed by atoms with Crippen molar-refractivity contribution in [1.82, 2.24) is 10.6 Å². The molecule has 50 valence electrons. The number of rotatable bonds is 0. The summed E-state index contributed by atoms with van der Waals surface area (Å²) in [5, 5.41) is 13.2. The van der Waals surface area contributed by atoms with Gasteiger partial charge in [0, 0.05) is 6.20 Å². The molecule has 0 bridgehead atoms. The van der Waals surface area contributed by atoms with Gasteiger partial charge in [-0.25, -0.2) is 4.79 Å². The molecule has 0 radical (unpaired) electrons. The Kier molecular flexibility index (Phi) is 1.15. The van der Waals surface area contributed by atoms with E-state index in [1.54, 1.807) is 0 Å². The van der Waals surface area contributed by atoms with Crippen molar-refractivity contribution < 1.29 is 9.90 Å². The summed E-state index contributed by atoms with van der Waals surface area (Å²) in [6, 6.07) is -0.512. The molecule has 0 aliphatic carbocycles. The van der Waals surface area contributed by atoms with Gasteiger partial charge < -0.3 is 10.4 Å². The molecule has 1 unspecified atom stereocenters. The van der Waals surface area contributed by atoms with Crippen LogP contribution in [0.5, 0.6) is 0 Å². The maximum atomic E-state index is 10.4. The van der Waals surface area contributed by atoms with E-state index in [0.29, 0.717) is 0 Å². The Morgan fingerprint density at radius 2 is 2.44 bits per heavy atom. The number of nitrogens with two attached hydrogens (primary N) is 1. The average Bonchev–Trinajstić information content (AvgIpc) is 1.60. The largest absolute Gasteiger partial charge is 0.355 e. The van der Waals surface area contributed by atoms with E-state index >= 15 is 0 Å². The molecule has 0 spiro atoms. The van der Waals surface area contributed by atoms with E-state index in [1.165, 1.54) is 12.3 Å². The van der Waals surface area contributed by atoms with Crippen LogP contribution in [0, 0.1) is 0 Å².